The third-order valence-corrected chi connectivity index (χ3v) is 7.00. The summed E-state index contributed by atoms with van der Waals surface area (Å²) in [4.78, 5) is 26.2. The molecule has 1 aliphatic rings. The van der Waals surface area contributed by atoms with E-state index in [1.807, 2.05) is 6.92 Å². The average molecular weight is 480 g/mol. The molecular formula is C23H24F3N3O3S. The number of fused-ring (bicyclic) bond motifs is 1. The van der Waals surface area contributed by atoms with Crippen molar-refractivity contribution in [2.24, 2.45) is 0 Å². The maximum atomic E-state index is 15.7. The number of alkyl halides is 2. The van der Waals surface area contributed by atoms with Crippen LogP contribution in [-0.2, 0) is 0 Å². The summed E-state index contributed by atoms with van der Waals surface area (Å²) in [5.41, 5.74) is -0.674. The molecular weight excluding hydrogens is 455 g/mol. The van der Waals surface area contributed by atoms with Gasteiger partial charge in [-0.25, -0.2) is 9.18 Å². The van der Waals surface area contributed by atoms with Crippen molar-refractivity contribution in [2.75, 3.05) is 11.5 Å². The highest BCUT2D eigenvalue weighted by molar-refractivity contribution is 7.99. The monoisotopic (exact) mass is 479 g/mol. The fraction of sp³-hybridized carbons (Fsp3) is 0.391. The van der Waals surface area contributed by atoms with E-state index in [1.54, 1.807) is 31.7 Å². The number of aromatic nitrogens is 2. The van der Waals surface area contributed by atoms with E-state index in [0.717, 1.165) is 17.9 Å². The number of carbonyl (C=O) groups excluding carboxylic acids is 1. The number of imidazole rings is 1. The van der Waals surface area contributed by atoms with E-state index >= 15 is 4.39 Å². The summed E-state index contributed by atoms with van der Waals surface area (Å²) in [7, 11) is 0. The first-order valence-electron chi connectivity index (χ1n) is 10.5. The Labute approximate surface area is 192 Å². The lowest BCUT2D eigenvalue weighted by Crippen LogP contribution is -2.46. The maximum absolute atomic E-state index is 15.7. The van der Waals surface area contributed by atoms with Crippen molar-refractivity contribution in [3.05, 3.63) is 58.3 Å². The Morgan fingerprint density at radius 3 is 2.64 bits per heavy atom. The van der Waals surface area contributed by atoms with Crippen molar-refractivity contribution in [1.29, 1.82) is 0 Å². The fourth-order valence-corrected chi connectivity index (χ4v) is 5.49. The lowest BCUT2D eigenvalue weighted by molar-refractivity contribution is -0.0498. The third kappa shape index (κ3) is 4.36. The molecule has 1 atom stereocenters. The summed E-state index contributed by atoms with van der Waals surface area (Å²) < 4.78 is 48.0. The minimum absolute atomic E-state index is 0.0196. The van der Waals surface area contributed by atoms with Crippen LogP contribution in [0.25, 0.3) is 16.7 Å². The Morgan fingerprint density at radius 2 is 2.00 bits per heavy atom. The van der Waals surface area contributed by atoms with E-state index in [0.29, 0.717) is 0 Å². The van der Waals surface area contributed by atoms with E-state index in [4.69, 9.17) is 0 Å². The highest BCUT2D eigenvalue weighted by Gasteiger charge is 2.32. The number of halogens is 3. The van der Waals surface area contributed by atoms with Crippen molar-refractivity contribution < 1.29 is 22.7 Å². The van der Waals surface area contributed by atoms with Gasteiger partial charge in [0.05, 0.1) is 16.8 Å². The third-order valence-electron chi connectivity index (χ3n) is 5.67. The highest BCUT2D eigenvalue weighted by atomic mass is 32.2. The van der Waals surface area contributed by atoms with Crippen molar-refractivity contribution in [3.8, 4) is 11.4 Å². The van der Waals surface area contributed by atoms with Crippen molar-refractivity contribution in [2.45, 2.75) is 45.4 Å². The number of ether oxygens (including phenoxy) is 1. The van der Waals surface area contributed by atoms with Crippen molar-refractivity contribution >= 4 is 28.7 Å². The molecule has 1 aliphatic heterocycles. The van der Waals surface area contributed by atoms with Crippen LogP contribution in [0, 0.1) is 5.82 Å². The Balaban J connectivity index is 1.86. The lowest BCUT2D eigenvalue weighted by atomic mass is 10.0. The molecule has 1 aromatic heterocycles. The summed E-state index contributed by atoms with van der Waals surface area (Å²) in [5, 5.41) is 2.92. The van der Waals surface area contributed by atoms with Gasteiger partial charge in [0.15, 0.2) is 5.82 Å². The van der Waals surface area contributed by atoms with Crippen LogP contribution >= 0.6 is 11.8 Å². The zero-order valence-corrected chi connectivity index (χ0v) is 19.2. The molecule has 1 saturated heterocycles. The topological polar surface area (TPSA) is 65.3 Å². The molecule has 0 spiro atoms. The zero-order chi connectivity index (χ0) is 23.9. The number of nitrogens with zero attached hydrogens (tertiary/aromatic N) is 2. The van der Waals surface area contributed by atoms with Gasteiger partial charge in [-0.1, -0.05) is 6.07 Å². The van der Waals surface area contributed by atoms with Crippen LogP contribution in [0.2, 0.25) is 0 Å². The predicted molar refractivity (Wildman–Crippen MR) is 122 cm³/mol. The van der Waals surface area contributed by atoms with Crippen LogP contribution in [0.5, 0.6) is 5.75 Å². The van der Waals surface area contributed by atoms with E-state index in [-0.39, 0.29) is 28.0 Å². The average Bonchev–Trinajstić information content (AvgIpc) is 3.28. The SMILES string of the molecule is CC(C)n1c(=O)n(-c2cccc(OC(F)F)c2)c2ccc(C(=O)NC3(C)CCSC3)c(F)c21. The molecule has 0 saturated carbocycles. The summed E-state index contributed by atoms with van der Waals surface area (Å²) in [6.45, 7) is 2.36. The van der Waals surface area contributed by atoms with Crippen LogP contribution in [0.4, 0.5) is 13.2 Å². The summed E-state index contributed by atoms with van der Waals surface area (Å²) in [5.74, 6) is 0.194. The summed E-state index contributed by atoms with van der Waals surface area (Å²) in [6.07, 6.45) is 0.789. The van der Waals surface area contributed by atoms with E-state index < -0.39 is 35.6 Å². The maximum Gasteiger partial charge on any atom is 0.387 e. The number of hydrogen-bond acceptors (Lipinski definition) is 4. The van der Waals surface area contributed by atoms with Gasteiger partial charge in [0.1, 0.15) is 11.3 Å². The van der Waals surface area contributed by atoms with Crippen molar-refractivity contribution in [1.82, 2.24) is 14.5 Å². The quantitative estimate of drug-likeness (QED) is 0.555. The molecule has 0 bridgehead atoms. The van der Waals surface area contributed by atoms with Crippen molar-refractivity contribution in [3.63, 3.8) is 0 Å². The number of thioether (sulfide) groups is 1. The van der Waals surface area contributed by atoms with Gasteiger partial charge in [0.2, 0.25) is 0 Å². The van der Waals surface area contributed by atoms with E-state index in [9.17, 15) is 18.4 Å². The number of rotatable bonds is 6. The fourth-order valence-electron chi connectivity index (χ4n) is 4.08. The van der Waals surface area contributed by atoms with Crippen LogP contribution in [0.15, 0.2) is 41.2 Å². The molecule has 4 rings (SSSR count). The Bertz CT molecular complexity index is 1260. The molecule has 0 aliphatic carbocycles. The van der Waals surface area contributed by atoms with Crippen LogP contribution in [-0.4, -0.2) is 38.7 Å². The molecule has 0 radical (unpaired) electrons. The normalized spacial score (nSPS) is 18.4. The number of nitrogens with one attached hydrogen (secondary N) is 1. The molecule has 176 valence electrons. The highest BCUT2D eigenvalue weighted by Crippen LogP contribution is 2.30. The van der Waals surface area contributed by atoms with Gasteiger partial charge in [-0.2, -0.15) is 20.5 Å². The largest absolute Gasteiger partial charge is 0.435 e. The molecule has 2 heterocycles. The second-order valence-corrected chi connectivity index (χ2v) is 9.67. The predicted octanol–water partition coefficient (Wildman–Crippen LogP) is 4.74. The van der Waals surface area contributed by atoms with Gasteiger partial charge in [-0.05, 0) is 57.2 Å². The van der Waals surface area contributed by atoms with Gasteiger partial charge in [-0.15, -0.1) is 0 Å². The second kappa shape index (κ2) is 8.81. The molecule has 1 amide bonds. The van der Waals surface area contributed by atoms with Gasteiger partial charge < -0.3 is 10.1 Å². The molecule has 1 N–H and O–H groups in total. The van der Waals surface area contributed by atoms with Crippen LogP contribution in [0.1, 0.15) is 43.6 Å². The standard InChI is InChI=1S/C23H24F3N3O3S/c1-13(2)28-19-17(29(22(28)31)14-5-4-6-15(11-14)32-21(25)26)8-7-16(18(19)24)20(30)27-23(3)9-10-33-12-23/h4-8,11,13,21H,9-10,12H2,1-3H3,(H,27,30). The van der Waals surface area contributed by atoms with Gasteiger partial charge in [0, 0.05) is 23.4 Å². The Hall–Kier alpha value is -2.88. The molecule has 10 heteroatoms. The summed E-state index contributed by atoms with van der Waals surface area (Å²) in [6, 6.07) is 8.07. The molecule has 1 unspecified atom stereocenters. The molecule has 3 aromatic rings. The molecule has 2 aromatic carbocycles. The lowest BCUT2D eigenvalue weighted by Gasteiger charge is -2.24. The van der Waals surface area contributed by atoms with Gasteiger partial charge in [0.25, 0.3) is 5.91 Å². The Kier molecular flexibility index (Phi) is 6.22. The van der Waals surface area contributed by atoms with Crippen LogP contribution in [0.3, 0.4) is 0 Å². The van der Waals surface area contributed by atoms with E-state index in [2.05, 4.69) is 10.1 Å². The minimum atomic E-state index is -3.02. The first kappa shape index (κ1) is 23.3. The van der Waals surface area contributed by atoms with Gasteiger partial charge in [-0.3, -0.25) is 13.9 Å². The Morgan fingerprint density at radius 1 is 1.24 bits per heavy atom. The second-order valence-electron chi connectivity index (χ2n) is 8.57. The summed E-state index contributed by atoms with van der Waals surface area (Å²) >= 11 is 1.72. The zero-order valence-electron chi connectivity index (χ0n) is 18.4. The van der Waals surface area contributed by atoms with E-state index in [1.165, 1.54) is 39.5 Å². The number of benzene rings is 2. The number of hydrogen-bond donors (Lipinski definition) is 1. The number of amides is 1. The smallest absolute Gasteiger partial charge is 0.387 e. The first-order chi connectivity index (χ1) is 15.6. The molecule has 33 heavy (non-hydrogen) atoms. The molecule has 1 fully saturated rings. The minimum Gasteiger partial charge on any atom is -0.435 e. The number of carbonyl (C=O) groups is 1. The molecule has 6 nitrogen and oxygen atoms in total. The van der Waals surface area contributed by atoms with Crippen LogP contribution < -0.4 is 15.7 Å². The van der Waals surface area contributed by atoms with Gasteiger partial charge >= 0.3 is 12.3 Å². The first-order valence-corrected chi connectivity index (χ1v) is 11.7.